The normalized spacial score (nSPS) is 20.4. The molecule has 0 heterocycles. The van der Waals surface area contributed by atoms with Gasteiger partial charge in [0.1, 0.15) is 5.78 Å². The van der Waals surface area contributed by atoms with Crippen molar-refractivity contribution in [2.45, 2.75) is 27.7 Å². The van der Waals surface area contributed by atoms with E-state index in [4.69, 9.17) is 0 Å². The molecule has 3 heteroatoms. The Labute approximate surface area is 97.6 Å². The maximum Gasteiger partial charge on any atom is 0.186 e. The van der Waals surface area contributed by atoms with Crippen molar-refractivity contribution >= 4 is 11.6 Å². The van der Waals surface area contributed by atoms with Gasteiger partial charge in [0.2, 0.25) is 0 Å². The monoisotopic (exact) mass is 223 g/mol. The highest BCUT2D eigenvalue weighted by Gasteiger charge is 2.28. The molecule has 0 saturated carbocycles. The van der Waals surface area contributed by atoms with E-state index >= 15 is 0 Å². The first-order valence-electron chi connectivity index (χ1n) is 5.68. The van der Waals surface area contributed by atoms with Gasteiger partial charge in [-0.3, -0.25) is 9.59 Å². The average Bonchev–Trinajstić information content (AvgIpc) is 2.31. The zero-order chi connectivity index (χ0) is 12.7. The molecule has 1 rings (SSSR count). The molecule has 0 bridgehead atoms. The van der Waals surface area contributed by atoms with Crippen LogP contribution in [0.1, 0.15) is 27.7 Å². The van der Waals surface area contributed by atoms with Gasteiger partial charge >= 0.3 is 0 Å². The zero-order valence-electron chi connectivity index (χ0n) is 10.7. The number of carbonyl (C=O) groups excluding carboxylic acids is 2. The molecule has 16 heavy (non-hydrogen) atoms. The summed E-state index contributed by atoms with van der Waals surface area (Å²) in [5, 5.41) is 2.83. The van der Waals surface area contributed by atoms with E-state index in [1.807, 2.05) is 19.9 Å². The lowest BCUT2D eigenvalue weighted by Crippen LogP contribution is -2.31. The molecule has 1 aliphatic rings. The van der Waals surface area contributed by atoms with Crippen molar-refractivity contribution in [3.8, 4) is 0 Å². The summed E-state index contributed by atoms with van der Waals surface area (Å²) >= 11 is 0. The Hall–Kier alpha value is -1.38. The molecule has 3 nitrogen and oxygen atoms in total. The lowest BCUT2D eigenvalue weighted by atomic mass is 9.84. The van der Waals surface area contributed by atoms with E-state index in [-0.39, 0.29) is 23.4 Å². The molecule has 0 amide bonds. The number of hydrogen-bond acceptors (Lipinski definition) is 3. The highest BCUT2D eigenvalue weighted by molar-refractivity contribution is 6.01. The summed E-state index contributed by atoms with van der Waals surface area (Å²) < 4.78 is 0. The fourth-order valence-corrected chi connectivity index (χ4v) is 1.47. The van der Waals surface area contributed by atoms with Gasteiger partial charge in [-0.15, -0.1) is 0 Å². The number of nitrogens with one attached hydrogen (secondary N) is 1. The Morgan fingerprint density at radius 1 is 1.44 bits per heavy atom. The summed E-state index contributed by atoms with van der Waals surface area (Å²) in [5.74, 6) is -0.501. The molecule has 1 N–H and O–H groups in total. The predicted molar refractivity (Wildman–Crippen MR) is 66.0 cm³/mol. The molecule has 90 valence electrons. The van der Waals surface area contributed by atoms with Crippen molar-refractivity contribution in [1.29, 1.82) is 0 Å². The molecule has 2 atom stereocenters. The minimum atomic E-state index is -0.306. The van der Waals surface area contributed by atoms with Crippen LogP contribution in [0.5, 0.6) is 0 Å². The Balaban J connectivity index is 0.00000106. The number of likely N-dealkylation sites (N-methyl/N-ethyl adjacent to an activating group) is 1. The van der Waals surface area contributed by atoms with E-state index < -0.39 is 0 Å². The minimum absolute atomic E-state index is 0.00213. The smallest absolute Gasteiger partial charge is 0.186 e. The van der Waals surface area contributed by atoms with Crippen LogP contribution in [0.15, 0.2) is 23.9 Å². The minimum Gasteiger partial charge on any atom is -0.385 e. The fourth-order valence-electron chi connectivity index (χ4n) is 1.47. The summed E-state index contributed by atoms with van der Waals surface area (Å²) in [7, 11) is 1.71. The van der Waals surface area contributed by atoms with E-state index in [2.05, 4.69) is 5.32 Å². The van der Waals surface area contributed by atoms with Crippen LogP contribution in [-0.2, 0) is 9.59 Å². The summed E-state index contributed by atoms with van der Waals surface area (Å²) in [6.07, 6.45) is 5.33. The number of hydrogen-bond donors (Lipinski definition) is 1. The lowest BCUT2D eigenvalue weighted by Gasteiger charge is -2.21. The second-order valence-electron chi connectivity index (χ2n) is 3.50. The average molecular weight is 223 g/mol. The van der Waals surface area contributed by atoms with Gasteiger partial charge in [-0.1, -0.05) is 32.9 Å². The Bertz CT molecular complexity index is 316. The van der Waals surface area contributed by atoms with E-state index in [1.54, 1.807) is 26.1 Å². The van der Waals surface area contributed by atoms with E-state index in [0.29, 0.717) is 5.70 Å². The summed E-state index contributed by atoms with van der Waals surface area (Å²) in [5.41, 5.74) is 0.575. The van der Waals surface area contributed by atoms with Crippen LogP contribution in [0.2, 0.25) is 0 Å². The third-order valence-corrected chi connectivity index (χ3v) is 2.60. The van der Waals surface area contributed by atoms with Gasteiger partial charge < -0.3 is 5.32 Å². The van der Waals surface area contributed by atoms with Crippen molar-refractivity contribution in [2.24, 2.45) is 11.8 Å². The first kappa shape index (κ1) is 14.6. The van der Waals surface area contributed by atoms with Crippen LogP contribution in [0.3, 0.4) is 0 Å². The molecule has 0 saturated heterocycles. The van der Waals surface area contributed by atoms with Gasteiger partial charge in [-0.25, -0.2) is 0 Å². The molecule has 0 aromatic carbocycles. The quantitative estimate of drug-likeness (QED) is 0.797. The van der Waals surface area contributed by atoms with Gasteiger partial charge in [0.25, 0.3) is 0 Å². The molecule has 0 fully saturated rings. The summed E-state index contributed by atoms with van der Waals surface area (Å²) in [6.45, 7) is 7.30. The number of Topliss-reactive ketones (excluding diaryl/α,β-unsaturated/α-hetero) is 2. The van der Waals surface area contributed by atoms with Crippen LogP contribution in [0, 0.1) is 11.8 Å². The van der Waals surface area contributed by atoms with E-state index in [1.165, 1.54) is 6.92 Å². The molecule has 0 radical (unpaired) electrons. The molecule has 0 aromatic heterocycles. The fraction of sp³-hybridized carbons (Fsp3) is 0.538. The maximum atomic E-state index is 11.8. The Morgan fingerprint density at radius 2 is 2.00 bits per heavy atom. The summed E-state index contributed by atoms with van der Waals surface area (Å²) in [6, 6.07) is 0. The van der Waals surface area contributed by atoms with Crippen LogP contribution in [0.4, 0.5) is 0 Å². The van der Waals surface area contributed by atoms with Crippen LogP contribution in [-0.4, -0.2) is 18.6 Å². The third-order valence-electron chi connectivity index (χ3n) is 2.60. The van der Waals surface area contributed by atoms with Gasteiger partial charge in [0.05, 0.1) is 11.6 Å². The van der Waals surface area contributed by atoms with Gasteiger partial charge in [0, 0.05) is 13.0 Å². The Kier molecular flexibility index (Phi) is 6.38. The maximum absolute atomic E-state index is 11.8. The van der Waals surface area contributed by atoms with Crippen LogP contribution in [0.25, 0.3) is 0 Å². The highest BCUT2D eigenvalue weighted by Crippen LogP contribution is 2.21. The molecule has 2 unspecified atom stereocenters. The SMILES string of the molecule is CC.CNC1=CC=CC(C(C)C(C)=O)C1=O. The summed E-state index contributed by atoms with van der Waals surface area (Å²) in [4.78, 5) is 22.9. The number of carbonyl (C=O) groups is 2. The van der Waals surface area contributed by atoms with Crippen molar-refractivity contribution in [3.63, 3.8) is 0 Å². The predicted octanol–water partition coefficient (Wildman–Crippen LogP) is 2.10. The molecule has 1 aliphatic carbocycles. The second-order valence-corrected chi connectivity index (χ2v) is 3.50. The largest absolute Gasteiger partial charge is 0.385 e. The molecule has 0 aliphatic heterocycles. The zero-order valence-corrected chi connectivity index (χ0v) is 10.7. The molecule has 0 spiro atoms. The van der Waals surface area contributed by atoms with Crippen molar-refractivity contribution in [1.82, 2.24) is 5.32 Å². The van der Waals surface area contributed by atoms with Crippen molar-refractivity contribution < 1.29 is 9.59 Å². The van der Waals surface area contributed by atoms with Crippen molar-refractivity contribution in [3.05, 3.63) is 23.9 Å². The third kappa shape index (κ3) is 3.33. The van der Waals surface area contributed by atoms with E-state index in [0.717, 1.165) is 0 Å². The standard InChI is InChI=1S/C11H15NO2.C2H6/c1-7(8(2)13)9-5-4-6-10(12-3)11(9)14;1-2/h4-7,9,12H,1-3H3;1-2H3. The Morgan fingerprint density at radius 3 is 2.44 bits per heavy atom. The second kappa shape index (κ2) is 6.99. The highest BCUT2D eigenvalue weighted by atomic mass is 16.1. The van der Waals surface area contributed by atoms with Crippen molar-refractivity contribution in [2.75, 3.05) is 7.05 Å². The van der Waals surface area contributed by atoms with Gasteiger partial charge in [0.15, 0.2) is 5.78 Å². The first-order chi connectivity index (χ1) is 7.57. The first-order valence-corrected chi connectivity index (χ1v) is 5.68. The van der Waals surface area contributed by atoms with Crippen LogP contribution < -0.4 is 5.32 Å². The lowest BCUT2D eigenvalue weighted by molar-refractivity contribution is -0.127. The van der Waals surface area contributed by atoms with Gasteiger partial charge in [-0.2, -0.15) is 0 Å². The van der Waals surface area contributed by atoms with Crippen LogP contribution >= 0.6 is 0 Å². The van der Waals surface area contributed by atoms with E-state index in [9.17, 15) is 9.59 Å². The molecular weight excluding hydrogens is 202 g/mol. The van der Waals surface area contributed by atoms with Gasteiger partial charge in [-0.05, 0) is 13.0 Å². The molecular formula is C13H21NO2. The topological polar surface area (TPSA) is 46.2 Å². The number of ketones is 2. The number of rotatable bonds is 3. The number of allylic oxidation sites excluding steroid dienone is 4. The molecule has 0 aromatic rings.